The lowest BCUT2D eigenvalue weighted by molar-refractivity contribution is -0.136. The summed E-state index contributed by atoms with van der Waals surface area (Å²) in [4.78, 5) is 10.9. The van der Waals surface area contributed by atoms with Crippen LogP contribution in [0.1, 0.15) is 53.9 Å². The number of hydrogen-bond acceptors (Lipinski definition) is 2. The minimum Gasteiger partial charge on any atom is -0.481 e. The fourth-order valence-electron chi connectivity index (χ4n) is 4.39. The van der Waals surface area contributed by atoms with E-state index >= 15 is 0 Å². The monoisotopic (exact) mass is 450 g/mol. The van der Waals surface area contributed by atoms with Gasteiger partial charge in [-0.3, -0.25) is 9.89 Å². The molecule has 0 fully saturated rings. The van der Waals surface area contributed by atoms with Gasteiger partial charge in [0.25, 0.3) is 0 Å². The van der Waals surface area contributed by atoms with Gasteiger partial charge >= 0.3 is 5.97 Å². The second kappa shape index (κ2) is 9.53. The Bertz CT molecular complexity index is 1240. The number of benzene rings is 3. The van der Waals surface area contributed by atoms with Crippen molar-refractivity contribution in [2.75, 3.05) is 0 Å². The molecule has 0 radical (unpaired) electrons. The first-order chi connectivity index (χ1) is 15.5. The first-order valence-corrected chi connectivity index (χ1v) is 11.0. The number of aryl methyl sites for hydroxylation is 1. The third kappa shape index (κ3) is 4.68. The minimum absolute atomic E-state index is 0.0178. The van der Waals surface area contributed by atoms with Crippen LogP contribution in [0.3, 0.4) is 0 Å². The largest absolute Gasteiger partial charge is 0.481 e. The molecule has 0 saturated heterocycles. The maximum atomic E-state index is 13.7. The van der Waals surface area contributed by atoms with E-state index in [2.05, 4.69) is 41.4 Å². The summed E-state index contributed by atoms with van der Waals surface area (Å²) in [7, 11) is 0. The van der Waals surface area contributed by atoms with Crippen LogP contribution in [0.25, 0.3) is 10.9 Å². The van der Waals surface area contributed by atoms with Crippen molar-refractivity contribution in [1.82, 2.24) is 10.2 Å². The van der Waals surface area contributed by atoms with E-state index in [0.29, 0.717) is 11.4 Å². The molecule has 0 bridgehead atoms. The van der Waals surface area contributed by atoms with Gasteiger partial charge in [0.05, 0.1) is 11.7 Å². The lowest BCUT2D eigenvalue weighted by Gasteiger charge is -2.29. The summed E-state index contributed by atoms with van der Waals surface area (Å²) >= 11 is 6.49. The van der Waals surface area contributed by atoms with E-state index < -0.39 is 5.97 Å². The third-order valence-corrected chi connectivity index (χ3v) is 6.32. The molecule has 2 atom stereocenters. The molecule has 6 heteroatoms. The number of H-pyrrole nitrogens is 1. The van der Waals surface area contributed by atoms with E-state index in [1.54, 1.807) is 12.3 Å². The van der Waals surface area contributed by atoms with Crippen molar-refractivity contribution in [2.45, 2.75) is 38.0 Å². The van der Waals surface area contributed by atoms with Gasteiger partial charge in [0.1, 0.15) is 5.82 Å². The number of carbonyl (C=O) groups is 1. The van der Waals surface area contributed by atoms with Crippen LogP contribution >= 0.6 is 11.6 Å². The van der Waals surface area contributed by atoms with Gasteiger partial charge in [0.15, 0.2) is 0 Å². The molecule has 0 spiro atoms. The first kappa shape index (κ1) is 22.0. The fourth-order valence-corrected chi connectivity index (χ4v) is 4.70. The molecular formula is C26H24ClFN2O2. The summed E-state index contributed by atoms with van der Waals surface area (Å²) < 4.78 is 13.7. The highest BCUT2D eigenvalue weighted by Crippen LogP contribution is 2.43. The molecule has 4 nitrogen and oxygen atoms in total. The zero-order valence-electron chi connectivity index (χ0n) is 17.7. The number of halogens is 2. The van der Waals surface area contributed by atoms with E-state index in [-0.39, 0.29) is 24.1 Å². The molecule has 32 heavy (non-hydrogen) atoms. The molecule has 1 heterocycles. The van der Waals surface area contributed by atoms with Crippen LogP contribution in [0.4, 0.5) is 4.39 Å². The van der Waals surface area contributed by atoms with Crippen molar-refractivity contribution in [2.24, 2.45) is 0 Å². The zero-order valence-corrected chi connectivity index (χ0v) is 18.4. The molecule has 164 valence electrons. The highest BCUT2D eigenvalue weighted by atomic mass is 35.5. The highest BCUT2D eigenvalue weighted by Gasteiger charge is 2.27. The Balaban J connectivity index is 1.79. The van der Waals surface area contributed by atoms with Crippen LogP contribution < -0.4 is 0 Å². The lowest BCUT2D eigenvalue weighted by atomic mass is 9.75. The minimum atomic E-state index is -0.808. The molecule has 0 aliphatic carbocycles. The molecule has 2 unspecified atom stereocenters. The van der Waals surface area contributed by atoms with Gasteiger partial charge in [-0.2, -0.15) is 5.10 Å². The Labute approximate surface area is 191 Å². The average Bonchev–Trinajstić information content (AvgIpc) is 3.25. The number of aromatic nitrogens is 2. The van der Waals surface area contributed by atoms with Crippen LogP contribution in [-0.2, 0) is 11.2 Å². The predicted octanol–water partition coefficient (Wildman–Crippen LogP) is 6.70. The van der Waals surface area contributed by atoms with Crippen LogP contribution in [0.2, 0.25) is 5.02 Å². The van der Waals surface area contributed by atoms with E-state index in [1.807, 2.05) is 18.2 Å². The summed E-state index contributed by atoms with van der Waals surface area (Å²) in [5.41, 5.74) is 5.06. The van der Waals surface area contributed by atoms with Crippen molar-refractivity contribution >= 4 is 28.5 Å². The van der Waals surface area contributed by atoms with Crippen molar-refractivity contribution in [3.05, 3.63) is 100.0 Å². The number of carboxylic acid groups (broad SMARTS) is 1. The van der Waals surface area contributed by atoms with Gasteiger partial charge in [-0.25, -0.2) is 4.39 Å². The van der Waals surface area contributed by atoms with Gasteiger partial charge in [-0.05, 0) is 65.3 Å². The SMILES string of the molecule is CCC(c1ccc(F)cc1Cl)C(c1ccc(CCC(=O)O)cc1)c1ccc2[nH]ncc2c1. The quantitative estimate of drug-likeness (QED) is 0.314. The topological polar surface area (TPSA) is 66.0 Å². The van der Waals surface area contributed by atoms with Crippen LogP contribution in [0.5, 0.6) is 0 Å². The Morgan fingerprint density at radius 3 is 2.53 bits per heavy atom. The summed E-state index contributed by atoms with van der Waals surface area (Å²) in [5.74, 6) is -1.15. The zero-order chi connectivity index (χ0) is 22.7. The van der Waals surface area contributed by atoms with Gasteiger partial charge in [0, 0.05) is 22.7 Å². The Kier molecular flexibility index (Phi) is 6.56. The van der Waals surface area contributed by atoms with Crippen LogP contribution in [-0.4, -0.2) is 21.3 Å². The summed E-state index contributed by atoms with van der Waals surface area (Å²) in [5, 5.41) is 17.5. The second-order valence-corrected chi connectivity index (χ2v) is 8.42. The number of carboxylic acids is 1. The predicted molar refractivity (Wildman–Crippen MR) is 125 cm³/mol. The normalized spacial score (nSPS) is 13.2. The smallest absolute Gasteiger partial charge is 0.303 e. The first-order valence-electron chi connectivity index (χ1n) is 10.6. The molecule has 0 aliphatic rings. The van der Waals surface area contributed by atoms with Gasteiger partial charge in [0.2, 0.25) is 0 Å². The van der Waals surface area contributed by atoms with E-state index in [4.69, 9.17) is 16.7 Å². The molecule has 3 aromatic carbocycles. The van der Waals surface area contributed by atoms with Crippen molar-refractivity contribution in [1.29, 1.82) is 0 Å². The average molecular weight is 451 g/mol. The molecule has 0 aliphatic heterocycles. The molecule has 1 aromatic heterocycles. The van der Waals surface area contributed by atoms with E-state index in [1.165, 1.54) is 12.1 Å². The second-order valence-electron chi connectivity index (χ2n) is 8.01. The van der Waals surface area contributed by atoms with Gasteiger partial charge < -0.3 is 5.11 Å². The van der Waals surface area contributed by atoms with E-state index in [0.717, 1.165) is 39.6 Å². The number of nitrogens with one attached hydrogen (secondary N) is 1. The highest BCUT2D eigenvalue weighted by molar-refractivity contribution is 6.31. The molecule has 0 saturated carbocycles. The van der Waals surface area contributed by atoms with Crippen molar-refractivity contribution in [3.8, 4) is 0 Å². The molecule has 2 N–H and O–H groups in total. The Morgan fingerprint density at radius 1 is 1.09 bits per heavy atom. The lowest BCUT2D eigenvalue weighted by Crippen LogP contribution is -2.13. The van der Waals surface area contributed by atoms with Crippen molar-refractivity contribution < 1.29 is 14.3 Å². The van der Waals surface area contributed by atoms with E-state index in [9.17, 15) is 9.18 Å². The van der Waals surface area contributed by atoms with Gasteiger partial charge in [-0.15, -0.1) is 0 Å². The Morgan fingerprint density at radius 2 is 1.84 bits per heavy atom. The molecular weight excluding hydrogens is 427 g/mol. The third-order valence-electron chi connectivity index (χ3n) is 5.99. The summed E-state index contributed by atoms with van der Waals surface area (Å²) in [6.07, 6.45) is 3.20. The maximum absolute atomic E-state index is 13.7. The summed E-state index contributed by atoms with van der Waals surface area (Å²) in [6.45, 7) is 2.11. The fraction of sp³-hybridized carbons (Fsp3) is 0.231. The number of fused-ring (bicyclic) bond motifs is 1. The van der Waals surface area contributed by atoms with Gasteiger partial charge in [-0.1, -0.05) is 54.9 Å². The van der Waals surface area contributed by atoms with Crippen LogP contribution in [0, 0.1) is 5.82 Å². The van der Waals surface area contributed by atoms with Crippen LogP contribution in [0.15, 0.2) is 66.9 Å². The Hall–Kier alpha value is -3.18. The number of rotatable bonds is 8. The summed E-state index contributed by atoms with van der Waals surface area (Å²) in [6, 6.07) is 18.9. The molecule has 4 aromatic rings. The standard InChI is InChI=1S/C26H24ClFN2O2/c1-2-21(22-10-9-20(28)14-23(22)27)26(18-8-11-24-19(13-18)15-29-30-24)17-6-3-16(4-7-17)5-12-25(31)32/h3-4,6-11,13-15,21,26H,2,5,12H2,1H3,(H,29,30)(H,31,32). The molecule has 0 amide bonds. The molecule has 4 rings (SSSR count). The number of hydrogen-bond donors (Lipinski definition) is 2. The number of aliphatic carboxylic acids is 1. The maximum Gasteiger partial charge on any atom is 0.303 e. The number of aromatic amines is 1. The number of nitrogens with zero attached hydrogens (tertiary/aromatic N) is 1. The van der Waals surface area contributed by atoms with Crippen molar-refractivity contribution in [3.63, 3.8) is 0 Å².